The van der Waals surface area contributed by atoms with Gasteiger partial charge in [0.05, 0.1) is 30.3 Å². The number of aromatic nitrogens is 4. The quantitative estimate of drug-likeness (QED) is 0.784. The minimum atomic E-state index is 0.206. The number of rotatable bonds is 5. The minimum Gasteiger partial charge on any atom is -0.444 e. The van der Waals surface area contributed by atoms with Crippen LogP contribution in [0.5, 0.6) is 0 Å². The van der Waals surface area contributed by atoms with Gasteiger partial charge in [0, 0.05) is 6.04 Å². The zero-order chi connectivity index (χ0) is 15.5. The summed E-state index contributed by atoms with van der Waals surface area (Å²) in [5, 5.41) is 11.2. The Balaban J connectivity index is 1.63. The fourth-order valence-corrected chi connectivity index (χ4v) is 2.23. The smallest absolute Gasteiger partial charge is 0.208 e. The molecule has 114 valence electrons. The number of aryl methyl sites for hydroxylation is 2. The van der Waals surface area contributed by atoms with Gasteiger partial charge in [-0.05, 0) is 38.5 Å². The molecule has 22 heavy (non-hydrogen) atoms. The van der Waals surface area contributed by atoms with Crippen molar-refractivity contribution in [2.24, 2.45) is 0 Å². The molecule has 2 aromatic heterocycles. The maximum atomic E-state index is 5.58. The van der Waals surface area contributed by atoms with E-state index in [0.29, 0.717) is 6.54 Å². The van der Waals surface area contributed by atoms with Crippen LogP contribution in [0.15, 0.2) is 41.1 Å². The fraction of sp³-hybridized carbons (Fsp3) is 0.312. The lowest BCUT2D eigenvalue weighted by atomic mass is 10.1. The van der Waals surface area contributed by atoms with Crippen LogP contribution in [0.3, 0.4) is 0 Å². The Kier molecular flexibility index (Phi) is 4.02. The van der Waals surface area contributed by atoms with Crippen LogP contribution in [0.25, 0.3) is 5.69 Å². The van der Waals surface area contributed by atoms with Crippen molar-refractivity contribution in [2.75, 3.05) is 0 Å². The van der Waals surface area contributed by atoms with E-state index in [2.05, 4.69) is 39.7 Å². The molecule has 0 radical (unpaired) electrons. The van der Waals surface area contributed by atoms with Crippen molar-refractivity contribution < 1.29 is 4.42 Å². The SMILES string of the molecule is Cc1nc(CN[C@H](C)c2ccc(-n3ccnn3)cc2)oc1C. The molecule has 0 bridgehead atoms. The lowest BCUT2D eigenvalue weighted by Crippen LogP contribution is -2.18. The lowest BCUT2D eigenvalue weighted by Gasteiger charge is -2.13. The summed E-state index contributed by atoms with van der Waals surface area (Å²) in [6, 6.07) is 8.43. The van der Waals surface area contributed by atoms with Crippen molar-refractivity contribution in [3.8, 4) is 5.69 Å². The number of hydrogen-bond acceptors (Lipinski definition) is 5. The van der Waals surface area contributed by atoms with Crippen LogP contribution >= 0.6 is 0 Å². The van der Waals surface area contributed by atoms with Gasteiger partial charge in [0.2, 0.25) is 5.89 Å². The van der Waals surface area contributed by atoms with Crippen molar-refractivity contribution in [1.29, 1.82) is 0 Å². The normalized spacial score (nSPS) is 12.5. The van der Waals surface area contributed by atoms with Gasteiger partial charge in [-0.25, -0.2) is 9.67 Å². The Morgan fingerprint density at radius 2 is 2.00 bits per heavy atom. The Labute approximate surface area is 129 Å². The Hall–Kier alpha value is -2.47. The van der Waals surface area contributed by atoms with E-state index >= 15 is 0 Å². The zero-order valence-corrected chi connectivity index (χ0v) is 12.9. The van der Waals surface area contributed by atoms with Crippen molar-refractivity contribution in [1.82, 2.24) is 25.3 Å². The predicted molar refractivity (Wildman–Crippen MR) is 82.6 cm³/mol. The van der Waals surface area contributed by atoms with Gasteiger partial charge in [-0.15, -0.1) is 5.10 Å². The van der Waals surface area contributed by atoms with E-state index in [1.807, 2.05) is 32.2 Å². The molecule has 0 saturated heterocycles. The molecule has 0 unspecified atom stereocenters. The third-order valence-corrected chi connectivity index (χ3v) is 3.71. The highest BCUT2D eigenvalue weighted by atomic mass is 16.4. The first-order valence-electron chi connectivity index (χ1n) is 7.26. The number of benzene rings is 1. The monoisotopic (exact) mass is 297 g/mol. The van der Waals surface area contributed by atoms with E-state index in [1.54, 1.807) is 10.9 Å². The molecule has 0 fully saturated rings. The van der Waals surface area contributed by atoms with Gasteiger partial charge in [0.25, 0.3) is 0 Å². The maximum absolute atomic E-state index is 5.58. The molecule has 1 atom stereocenters. The predicted octanol–water partition coefficient (Wildman–Crippen LogP) is 2.72. The van der Waals surface area contributed by atoms with E-state index in [4.69, 9.17) is 4.42 Å². The molecule has 3 rings (SSSR count). The van der Waals surface area contributed by atoms with Crippen LogP contribution in [0.4, 0.5) is 0 Å². The molecule has 0 aliphatic rings. The van der Waals surface area contributed by atoms with Crippen LogP contribution in [0, 0.1) is 13.8 Å². The summed E-state index contributed by atoms with van der Waals surface area (Å²) >= 11 is 0. The summed E-state index contributed by atoms with van der Waals surface area (Å²) in [6.45, 7) is 6.61. The Bertz CT molecular complexity index is 711. The topological polar surface area (TPSA) is 68.8 Å². The average Bonchev–Trinajstić information content (AvgIpc) is 3.16. The minimum absolute atomic E-state index is 0.206. The molecule has 0 amide bonds. The largest absolute Gasteiger partial charge is 0.444 e. The van der Waals surface area contributed by atoms with Crippen molar-refractivity contribution in [3.05, 3.63) is 59.6 Å². The van der Waals surface area contributed by atoms with Gasteiger partial charge in [0.15, 0.2) is 0 Å². The van der Waals surface area contributed by atoms with Crippen LogP contribution in [-0.2, 0) is 6.54 Å². The molecule has 6 heteroatoms. The van der Waals surface area contributed by atoms with E-state index in [9.17, 15) is 0 Å². The molecular formula is C16H19N5O. The zero-order valence-electron chi connectivity index (χ0n) is 12.9. The summed E-state index contributed by atoms with van der Waals surface area (Å²) in [5.41, 5.74) is 3.14. The summed E-state index contributed by atoms with van der Waals surface area (Å²) < 4.78 is 7.31. The molecule has 0 saturated carbocycles. The summed E-state index contributed by atoms with van der Waals surface area (Å²) in [6.07, 6.45) is 3.49. The first-order valence-corrected chi connectivity index (χ1v) is 7.26. The van der Waals surface area contributed by atoms with E-state index in [0.717, 1.165) is 23.0 Å². The molecule has 0 spiro atoms. The molecule has 3 aromatic rings. The third kappa shape index (κ3) is 3.07. The molecule has 0 aliphatic heterocycles. The highest BCUT2D eigenvalue weighted by Gasteiger charge is 2.09. The highest BCUT2D eigenvalue weighted by Crippen LogP contribution is 2.16. The second-order valence-electron chi connectivity index (χ2n) is 5.29. The number of nitrogens with one attached hydrogen (secondary N) is 1. The Morgan fingerprint density at radius 3 is 2.59 bits per heavy atom. The number of oxazole rings is 1. The lowest BCUT2D eigenvalue weighted by molar-refractivity contribution is 0.432. The van der Waals surface area contributed by atoms with Crippen LogP contribution in [0.1, 0.15) is 35.9 Å². The third-order valence-electron chi connectivity index (χ3n) is 3.71. The van der Waals surface area contributed by atoms with Gasteiger partial charge >= 0.3 is 0 Å². The second-order valence-corrected chi connectivity index (χ2v) is 5.29. The molecule has 0 aliphatic carbocycles. The van der Waals surface area contributed by atoms with Crippen molar-refractivity contribution >= 4 is 0 Å². The summed E-state index contributed by atoms with van der Waals surface area (Å²) in [7, 11) is 0. The van der Waals surface area contributed by atoms with Crippen molar-refractivity contribution in [2.45, 2.75) is 33.4 Å². The van der Waals surface area contributed by atoms with Crippen molar-refractivity contribution in [3.63, 3.8) is 0 Å². The average molecular weight is 297 g/mol. The Morgan fingerprint density at radius 1 is 1.23 bits per heavy atom. The summed E-state index contributed by atoms with van der Waals surface area (Å²) in [4.78, 5) is 4.38. The van der Waals surface area contributed by atoms with Gasteiger partial charge in [-0.3, -0.25) is 0 Å². The molecule has 1 aromatic carbocycles. The first kappa shape index (κ1) is 14.5. The van der Waals surface area contributed by atoms with Gasteiger partial charge in [0.1, 0.15) is 5.76 Å². The molecule has 6 nitrogen and oxygen atoms in total. The van der Waals surface area contributed by atoms with E-state index in [1.165, 1.54) is 5.56 Å². The molecule has 2 heterocycles. The van der Waals surface area contributed by atoms with Crippen LogP contribution in [0.2, 0.25) is 0 Å². The molecular weight excluding hydrogens is 278 g/mol. The van der Waals surface area contributed by atoms with E-state index < -0.39 is 0 Å². The first-order chi connectivity index (χ1) is 10.6. The highest BCUT2D eigenvalue weighted by molar-refractivity contribution is 5.34. The number of nitrogens with zero attached hydrogens (tertiary/aromatic N) is 4. The van der Waals surface area contributed by atoms with Gasteiger partial charge < -0.3 is 9.73 Å². The standard InChI is InChI=1S/C16H19N5O/c1-11-13(3)22-16(19-11)10-17-12(2)14-4-6-15(7-5-14)21-9-8-18-20-21/h4-9,12,17H,10H2,1-3H3/t12-/m1/s1. The van der Waals surface area contributed by atoms with Gasteiger partial charge in [-0.2, -0.15) is 0 Å². The second kappa shape index (κ2) is 6.11. The fourth-order valence-electron chi connectivity index (χ4n) is 2.23. The van der Waals surface area contributed by atoms with Crippen LogP contribution < -0.4 is 5.32 Å². The number of hydrogen-bond donors (Lipinski definition) is 1. The maximum Gasteiger partial charge on any atom is 0.208 e. The van der Waals surface area contributed by atoms with E-state index in [-0.39, 0.29) is 6.04 Å². The van der Waals surface area contributed by atoms with Gasteiger partial charge in [-0.1, -0.05) is 17.3 Å². The van der Waals surface area contributed by atoms with Crippen LogP contribution in [-0.4, -0.2) is 20.0 Å². The molecule has 1 N–H and O–H groups in total. The summed E-state index contributed by atoms with van der Waals surface area (Å²) in [5.74, 6) is 1.60.